The van der Waals surface area contributed by atoms with Crippen LogP contribution in [0.3, 0.4) is 0 Å². The fraction of sp³-hybridized carbons (Fsp3) is 0.222. The molecule has 56 heavy (non-hydrogen) atoms. The highest BCUT2D eigenvalue weighted by atomic mass is 15.1. The van der Waals surface area contributed by atoms with E-state index in [-0.39, 0.29) is 11.3 Å². The van der Waals surface area contributed by atoms with Crippen LogP contribution in [0.4, 0.5) is 34.1 Å². The maximum atomic E-state index is 2.42. The van der Waals surface area contributed by atoms with Gasteiger partial charge in [0.15, 0.2) is 0 Å². The molecular formula is C54H56N2. The average Bonchev–Trinajstić information content (AvgIpc) is 3.19. The van der Waals surface area contributed by atoms with Gasteiger partial charge in [-0.1, -0.05) is 147 Å². The maximum absolute atomic E-state index is 2.42. The first-order valence-corrected chi connectivity index (χ1v) is 20.1. The van der Waals surface area contributed by atoms with E-state index in [1.807, 2.05) is 0 Å². The second-order valence-electron chi connectivity index (χ2n) is 16.8. The summed E-state index contributed by atoms with van der Waals surface area (Å²) in [4.78, 5) is 4.72. The van der Waals surface area contributed by atoms with Gasteiger partial charge in [0.05, 0.1) is 0 Å². The summed E-state index contributed by atoms with van der Waals surface area (Å²) >= 11 is 0. The topological polar surface area (TPSA) is 6.48 Å². The number of aryl methyl sites for hydroxylation is 4. The Bertz CT molecular complexity index is 2080. The zero-order valence-electron chi connectivity index (χ0n) is 34.4. The molecule has 7 rings (SSSR count). The van der Waals surface area contributed by atoms with Crippen LogP contribution in [0.1, 0.15) is 78.1 Å². The molecule has 0 heterocycles. The van der Waals surface area contributed by atoms with Gasteiger partial charge in [0.25, 0.3) is 0 Å². The number of hydrogen-bond donors (Lipinski definition) is 0. The molecule has 7 aromatic carbocycles. The fourth-order valence-electron chi connectivity index (χ4n) is 7.81. The van der Waals surface area contributed by atoms with Gasteiger partial charge >= 0.3 is 0 Å². The van der Waals surface area contributed by atoms with Crippen molar-refractivity contribution in [3.8, 4) is 0 Å². The van der Waals surface area contributed by atoms with Crippen LogP contribution in [-0.2, 0) is 11.8 Å². The lowest BCUT2D eigenvalue weighted by Crippen LogP contribution is -2.16. The summed E-state index contributed by atoms with van der Waals surface area (Å²) in [6.45, 7) is 17.8. The minimum absolute atomic E-state index is 0.131. The van der Waals surface area contributed by atoms with Crippen LogP contribution >= 0.6 is 0 Å². The van der Waals surface area contributed by atoms with Crippen LogP contribution in [0.5, 0.6) is 0 Å². The lowest BCUT2D eigenvalue weighted by Gasteiger charge is -2.29. The normalized spacial score (nSPS) is 12.1. The van der Waals surface area contributed by atoms with Crippen molar-refractivity contribution >= 4 is 34.1 Å². The van der Waals surface area contributed by atoms with Gasteiger partial charge in [-0.3, -0.25) is 0 Å². The van der Waals surface area contributed by atoms with Crippen molar-refractivity contribution in [1.82, 2.24) is 0 Å². The first-order valence-electron chi connectivity index (χ1n) is 20.1. The van der Waals surface area contributed by atoms with Gasteiger partial charge in [0.1, 0.15) is 0 Å². The Labute approximate surface area is 336 Å². The van der Waals surface area contributed by atoms with Crippen molar-refractivity contribution in [2.45, 2.75) is 73.1 Å². The highest BCUT2D eigenvalue weighted by molar-refractivity contribution is 5.78. The van der Waals surface area contributed by atoms with E-state index in [1.165, 1.54) is 44.5 Å². The molecule has 0 radical (unpaired) electrons. The predicted octanol–water partition coefficient (Wildman–Crippen LogP) is 15.2. The summed E-state index contributed by atoms with van der Waals surface area (Å²) in [5.74, 6) is 0.544. The second-order valence-corrected chi connectivity index (χ2v) is 16.8. The van der Waals surface area contributed by atoms with Gasteiger partial charge in [0.2, 0.25) is 0 Å². The van der Waals surface area contributed by atoms with E-state index < -0.39 is 0 Å². The van der Waals surface area contributed by atoms with Crippen LogP contribution < -0.4 is 9.80 Å². The molecule has 2 nitrogen and oxygen atoms in total. The third-order valence-corrected chi connectivity index (χ3v) is 11.1. The van der Waals surface area contributed by atoms with Gasteiger partial charge in [-0.2, -0.15) is 0 Å². The molecule has 282 valence electrons. The molecule has 0 aromatic heterocycles. The van der Waals surface area contributed by atoms with Crippen molar-refractivity contribution in [3.05, 3.63) is 214 Å². The number of nitrogens with zero attached hydrogens (tertiary/aromatic N) is 2. The van der Waals surface area contributed by atoms with E-state index in [0.717, 1.165) is 40.5 Å². The van der Waals surface area contributed by atoms with Gasteiger partial charge < -0.3 is 9.80 Å². The third kappa shape index (κ3) is 8.82. The smallest absolute Gasteiger partial charge is 0.0461 e. The molecule has 0 spiro atoms. The first kappa shape index (κ1) is 38.4. The molecule has 0 aliphatic heterocycles. The molecule has 1 atom stereocenters. The molecule has 0 fully saturated rings. The zero-order valence-corrected chi connectivity index (χ0v) is 34.4. The second kappa shape index (κ2) is 16.5. The van der Waals surface area contributed by atoms with Crippen LogP contribution in [0.25, 0.3) is 0 Å². The standard InChI is InChI=1S/C54H56N2/c1-38-9-25-47(26-10-38)55(48-27-11-39(2)12-28-48)51-33-19-44(20-34-51)53(42(5)37-43-17-23-46(24-18-43)54(6,7)8)45-21-35-52(36-22-45)56(49-29-13-40(3)14-30-49)50-31-15-41(4)16-32-50/h9-36,42,53H,37H2,1-8H3. The van der Waals surface area contributed by atoms with Crippen LogP contribution in [0, 0.1) is 33.6 Å². The van der Waals surface area contributed by atoms with Crippen molar-refractivity contribution in [2.24, 2.45) is 5.92 Å². The van der Waals surface area contributed by atoms with Crippen molar-refractivity contribution in [1.29, 1.82) is 0 Å². The maximum Gasteiger partial charge on any atom is 0.0461 e. The zero-order chi connectivity index (χ0) is 39.4. The molecule has 0 aliphatic carbocycles. The van der Waals surface area contributed by atoms with E-state index in [0.29, 0.717) is 5.92 Å². The molecule has 0 aliphatic rings. The van der Waals surface area contributed by atoms with Gasteiger partial charge in [-0.15, -0.1) is 0 Å². The summed E-state index contributed by atoms with van der Waals surface area (Å²) in [7, 11) is 0. The number of benzene rings is 7. The Kier molecular flexibility index (Phi) is 11.3. The van der Waals surface area contributed by atoms with Crippen LogP contribution in [0.2, 0.25) is 0 Å². The lowest BCUT2D eigenvalue weighted by molar-refractivity contribution is 0.509. The van der Waals surface area contributed by atoms with Crippen LogP contribution in [0.15, 0.2) is 170 Å². The number of rotatable bonds is 11. The SMILES string of the molecule is Cc1ccc(N(c2ccc(C)cc2)c2ccc(C(c3ccc(N(c4ccc(C)cc4)c4ccc(C)cc4)cc3)C(C)Cc3ccc(C(C)(C)C)cc3)cc2)cc1. The fourth-order valence-corrected chi connectivity index (χ4v) is 7.81. The summed E-state index contributed by atoms with van der Waals surface area (Å²) < 4.78 is 0. The van der Waals surface area contributed by atoms with Crippen LogP contribution in [-0.4, -0.2) is 0 Å². The Morgan fingerprint density at radius 3 is 0.911 bits per heavy atom. The van der Waals surface area contributed by atoms with Crippen molar-refractivity contribution in [2.75, 3.05) is 9.80 Å². The Morgan fingerprint density at radius 1 is 0.375 bits per heavy atom. The Morgan fingerprint density at radius 2 is 0.643 bits per heavy atom. The molecule has 2 heteroatoms. The molecule has 7 aromatic rings. The highest BCUT2D eigenvalue weighted by Gasteiger charge is 2.24. The molecule has 0 bridgehead atoms. The molecule has 0 saturated carbocycles. The Balaban J connectivity index is 1.27. The predicted molar refractivity (Wildman–Crippen MR) is 241 cm³/mol. The van der Waals surface area contributed by atoms with E-state index in [9.17, 15) is 0 Å². The van der Waals surface area contributed by atoms with E-state index in [1.54, 1.807) is 0 Å². The Hall–Kier alpha value is -5.86. The summed E-state index contributed by atoms with van der Waals surface area (Å²) in [5.41, 5.74) is 17.4. The molecule has 0 saturated heterocycles. The highest BCUT2D eigenvalue weighted by Crippen LogP contribution is 2.41. The van der Waals surface area contributed by atoms with Gasteiger partial charge in [-0.25, -0.2) is 0 Å². The minimum atomic E-state index is 0.131. The third-order valence-electron chi connectivity index (χ3n) is 11.1. The summed E-state index contributed by atoms with van der Waals surface area (Å²) in [6.07, 6.45) is 0.982. The quantitative estimate of drug-likeness (QED) is 0.131. The lowest BCUT2D eigenvalue weighted by atomic mass is 9.78. The summed E-state index contributed by atoms with van der Waals surface area (Å²) in [6, 6.07) is 63.2. The van der Waals surface area contributed by atoms with Crippen molar-refractivity contribution in [3.63, 3.8) is 0 Å². The monoisotopic (exact) mass is 732 g/mol. The number of anilines is 6. The number of hydrogen-bond acceptors (Lipinski definition) is 2. The van der Waals surface area contributed by atoms with E-state index in [4.69, 9.17) is 0 Å². The largest absolute Gasteiger partial charge is 0.311 e. The van der Waals surface area contributed by atoms with E-state index in [2.05, 4.69) is 235 Å². The molecular weight excluding hydrogens is 677 g/mol. The molecule has 1 unspecified atom stereocenters. The first-order chi connectivity index (χ1) is 26.9. The molecule has 0 amide bonds. The minimum Gasteiger partial charge on any atom is -0.311 e. The summed E-state index contributed by atoms with van der Waals surface area (Å²) in [5, 5.41) is 0. The van der Waals surface area contributed by atoms with E-state index >= 15 is 0 Å². The molecule has 0 N–H and O–H groups in total. The van der Waals surface area contributed by atoms with Crippen molar-refractivity contribution < 1.29 is 0 Å². The van der Waals surface area contributed by atoms with Gasteiger partial charge in [-0.05, 0) is 140 Å². The van der Waals surface area contributed by atoms with Gasteiger partial charge in [0, 0.05) is 40.0 Å². The average molecular weight is 733 g/mol.